The van der Waals surface area contributed by atoms with E-state index in [1.54, 1.807) is 30.3 Å². The quantitative estimate of drug-likeness (QED) is 0.406. The molecule has 0 saturated heterocycles. The summed E-state index contributed by atoms with van der Waals surface area (Å²) < 4.78 is 35.2. The highest BCUT2D eigenvalue weighted by Crippen LogP contribution is 2.40. The first-order valence-electron chi connectivity index (χ1n) is 9.00. The molecule has 0 fully saturated rings. The second-order valence-electron chi connectivity index (χ2n) is 6.28. The van der Waals surface area contributed by atoms with Crippen molar-refractivity contribution in [3.05, 3.63) is 52.9 Å². The van der Waals surface area contributed by atoms with Crippen LogP contribution in [0.1, 0.15) is 0 Å². The molecule has 2 aromatic carbocycles. The summed E-state index contributed by atoms with van der Waals surface area (Å²) in [5.74, 6) is 0.157. The van der Waals surface area contributed by atoms with Crippen molar-refractivity contribution in [3.8, 4) is 17.2 Å². The number of H-pyrrole nitrogens is 1. The van der Waals surface area contributed by atoms with Gasteiger partial charge in [0.05, 0.1) is 33.0 Å². The maximum atomic E-state index is 14.3. The SMILES string of the molecule is COc1cc(Nc2ncc(F)c(Nc3ccc4oc(=O)[nH]c4c3)n2)cc(OC)c1OC. The monoisotopic (exact) mass is 427 g/mol. The molecule has 4 aromatic rings. The fourth-order valence-electron chi connectivity index (χ4n) is 2.96. The number of aromatic amines is 1. The standard InChI is InChI=1S/C20H18FN5O5/c1-28-15-7-11(8-16(29-2)17(15)30-3)24-19-22-9-12(21)18(26-19)23-10-4-5-14-13(6-10)25-20(27)31-14/h4-9H,1-3H3,(H,25,27)(H2,22,23,24,26). The van der Waals surface area contributed by atoms with Crippen LogP contribution in [0.4, 0.5) is 27.5 Å². The van der Waals surface area contributed by atoms with Gasteiger partial charge >= 0.3 is 5.76 Å². The fraction of sp³-hybridized carbons (Fsp3) is 0.150. The van der Waals surface area contributed by atoms with E-state index in [0.717, 1.165) is 6.20 Å². The zero-order chi connectivity index (χ0) is 22.0. The van der Waals surface area contributed by atoms with Crippen LogP contribution in [0.15, 0.2) is 45.7 Å². The number of hydrogen-bond donors (Lipinski definition) is 3. The molecular weight excluding hydrogens is 409 g/mol. The Morgan fingerprint density at radius 2 is 1.74 bits per heavy atom. The average Bonchev–Trinajstić information content (AvgIpc) is 3.14. The normalized spacial score (nSPS) is 10.7. The molecule has 31 heavy (non-hydrogen) atoms. The van der Waals surface area contributed by atoms with Crippen molar-refractivity contribution < 1.29 is 23.0 Å². The van der Waals surface area contributed by atoms with Gasteiger partial charge in [0, 0.05) is 23.5 Å². The van der Waals surface area contributed by atoms with Crippen LogP contribution < -0.4 is 30.6 Å². The zero-order valence-electron chi connectivity index (χ0n) is 16.8. The van der Waals surface area contributed by atoms with Crippen LogP contribution in [-0.4, -0.2) is 36.3 Å². The summed E-state index contributed by atoms with van der Waals surface area (Å²) in [6.45, 7) is 0. The first kappa shape index (κ1) is 20.0. The Bertz CT molecular complexity index is 1280. The molecule has 2 aromatic heterocycles. The largest absolute Gasteiger partial charge is 0.493 e. The number of benzene rings is 2. The first-order valence-corrected chi connectivity index (χ1v) is 9.00. The molecule has 0 unspecified atom stereocenters. The van der Waals surface area contributed by atoms with Crippen LogP contribution in [0.3, 0.4) is 0 Å². The molecule has 0 amide bonds. The lowest BCUT2D eigenvalue weighted by Gasteiger charge is -2.15. The lowest BCUT2D eigenvalue weighted by molar-refractivity contribution is 0.324. The van der Waals surface area contributed by atoms with Gasteiger partial charge in [-0.25, -0.2) is 14.2 Å². The molecule has 4 rings (SSSR count). The van der Waals surface area contributed by atoms with E-state index in [-0.39, 0.29) is 11.8 Å². The molecule has 11 heteroatoms. The molecule has 10 nitrogen and oxygen atoms in total. The summed E-state index contributed by atoms with van der Waals surface area (Å²) in [4.78, 5) is 22.0. The molecule has 3 N–H and O–H groups in total. The number of halogens is 1. The Hall–Kier alpha value is -4.28. The van der Waals surface area contributed by atoms with Crippen LogP contribution in [0.25, 0.3) is 11.1 Å². The lowest BCUT2D eigenvalue weighted by Crippen LogP contribution is -2.04. The Morgan fingerprint density at radius 3 is 2.42 bits per heavy atom. The number of hydrogen-bond acceptors (Lipinski definition) is 9. The summed E-state index contributed by atoms with van der Waals surface area (Å²) in [6.07, 6.45) is 1.04. The highest BCUT2D eigenvalue weighted by Gasteiger charge is 2.15. The first-order chi connectivity index (χ1) is 15.0. The molecule has 160 valence electrons. The highest BCUT2D eigenvalue weighted by atomic mass is 19.1. The molecule has 0 atom stereocenters. The van der Waals surface area contributed by atoms with E-state index in [9.17, 15) is 9.18 Å². The van der Waals surface area contributed by atoms with Crippen LogP contribution in [-0.2, 0) is 0 Å². The molecule has 0 spiro atoms. The smallest absolute Gasteiger partial charge is 0.417 e. The van der Waals surface area contributed by atoms with Crippen molar-refractivity contribution in [1.82, 2.24) is 15.0 Å². The predicted molar refractivity (Wildman–Crippen MR) is 111 cm³/mol. The van der Waals surface area contributed by atoms with Crippen molar-refractivity contribution in [3.63, 3.8) is 0 Å². The van der Waals surface area contributed by atoms with Gasteiger partial charge in [-0.05, 0) is 18.2 Å². The van der Waals surface area contributed by atoms with Crippen LogP contribution >= 0.6 is 0 Å². The van der Waals surface area contributed by atoms with Crippen molar-refractivity contribution in [2.75, 3.05) is 32.0 Å². The summed E-state index contributed by atoms with van der Waals surface area (Å²) in [5, 5.41) is 5.85. The van der Waals surface area contributed by atoms with Gasteiger partial charge < -0.3 is 29.3 Å². The second-order valence-corrected chi connectivity index (χ2v) is 6.28. The topological polar surface area (TPSA) is 124 Å². The van der Waals surface area contributed by atoms with E-state index in [2.05, 4.69) is 25.6 Å². The van der Waals surface area contributed by atoms with E-state index >= 15 is 0 Å². The molecule has 0 aliphatic heterocycles. The van der Waals surface area contributed by atoms with Gasteiger partial charge in [0.1, 0.15) is 0 Å². The maximum absolute atomic E-state index is 14.3. The van der Waals surface area contributed by atoms with Crippen molar-refractivity contribution in [2.24, 2.45) is 0 Å². The minimum Gasteiger partial charge on any atom is -0.493 e. The predicted octanol–water partition coefficient (Wildman–Crippen LogP) is 3.56. The Morgan fingerprint density at radius 1 is 1.00 bits per heavy atom. The fourth-order valence-corrected chi connectivity index (χ4v) is 2.96. The number of methoxy groups -OCH3 is 3. The number of ether oxygens (including phenoxy) is 3. The van der Waals surface area contributed by atoms with Gasteiger partial charge in [-0.3, -0.25) is 4.98 Å². The van der Waals surface area contributed by atoms with Crippen LogP contribution in [0.5, 0.6) is 17.2 Å². The minimum absolute atomic E-state index is 0.0601. The Labute approximate surface area is 175 Å². The summed E-state index contributed by atoms with van der Waals surface area (Å²) >= 11 is 0. The maximum Gasteiger partial charge on any atom is 0.417 e. The minimum atomic E-state index is -0.656. The van der Waals surface area contributed by atoms with E-state index in [4.69, 9.17) is 18.6 Å². The third-order valence-corrected chi connectivity index (χ3v) is 4.35. The summed E-state index contributed by atoms with van der Waals surface area (Å²) in [6, 6.07) is 8.17. The number of anilines is 4. The average molecular weight is 427 g/mol. The Kier molecular flexibility index (Phi) is 5.31. The molecule has 0 radical (unpaired) electrons. The lowest BCUT2D eigenvalue weighted by atomic mass is 10.2. The molecular formula is C20H18FN5O5. The number of fused-ring (bicyclic) bond motifs is 1. The van der Waals surface area contributed by atoms with Crippen molar-refractivity contribution in [1.29, 1.82) is 0 Å². The van der Waals surface area contributed by atoms with Gasteiger partial charge in [-0.2, -0.15) is 4.98 Å². The van der Waals surface area contributed by atoms with E-state index in [1.165, 1.54) is 21.3 Å². The summed E-state index contributed by atoms with van der Waals surface area (Å²) in [7, 11) is 4.51. The van der Waals surface area contributed by atoms with Gasteiger partial charge in [-0.15, -0.1) is 0 Å². The van der Waals surface area contributed by atoms with Gasteiger partial charge in [-0.1, -0.05) is 0 Å². The van der Waals surface area contributed by atoms with E-state index in [0.29, 0.717) is 39.7 Å². The zero-order valence-corrected chi connectivity index (χ0v) is 16.8. The Balaban J connectivity index is 1.62. The van der Waals surface area contributed by atoms with Crippen molar-refractivity contribution >= 4 is 34.2 Å². The van der Waals surface area contributed by atoms with Gasteiger partial charge in [0.2, 0.25) is 11.7 Å². The molecule has 0 bridgehead atoms. The molecule has 0 saturated carbocycles. The third kappa shape index (κ3) is 4.06. The molecule has 0 aliphatic rings. The van der Waals surface area contributed by atoms with Crippen molar-refractivity contribution in [2.45, 2.75) is 0 Å². The number of oxazole rings is 1. The van der Waals surface area contributed by atoms with E-state index < -0.39 is 11.6 Å². The summed E-state index contributed by atoms with van der Waals surface area (Å²) in [5.41, 5.74) is 1.91. The molecule has 0 aliphatic carbocycles. The van der Waals surface area contributed by atoms with Crippen LogP contribution in [0, 0.1) is 5.82 Å². The van der Waals surface area contributed by atoms with Gasteiger partial charge in [0.15, 0.2) is 28.7 Å². The van der Waals surface area contributed by atoms with Crippen LogP contribution in [0.2, 0.25) is 0 Å². The third-order valence-electron chi connectivity index (χ3n) is 4.35. The molecule has 2 heterocycles. The number of rotatable bonds is 7. The second kappa shape index (κ2) is 8.22. The highest BCUT2D eigenvalue weighted by molar-refractivity contribution is 5.78. The number of nitrogens with zero attached hydrogens (tertiary/aromatic N) is 2. The van der Waals surface area contributed by atoms with Gasteiger partial charge in [0.25, 0.3) is 0 Å². The number of aromatic nitrogens is 3. The van der Waals surface area contributed by atoms with E-state index in [1.807, 2.05) is 0 Å². The number of nitrogens with one attached hydrogen (secondary N) is 3.